The molecule has 5 heteroatoms. The van der Waals surface area contributed by atoms with Gasteiger partial charge in [-0.1, -0.05) is 35.9 Å². The van der Waals surface area contributed by atoms with Crippen LogP contribution in [0.1, 0.15) is 17.0 Å². The molecule has 0 bridgehead atoms. The topological polar surface area (TPSA) is 22.8 Å². The molecule has 0 N–H and O–H groups in total. The van der Waals surface area contributed by atoms with Gasteiger partial charge in [0.1, 0.15) is 17.3 Å². The molecule has 0 saturated carbocycles. The molecule has 0 atom stereocenters. The third-order valence-electron chi connectivity index (χ3n) is 5.76. The minimum atomic E-state index is -0.237. The van der Waals surface area contributed by atoms with Crippen molar-refractivity contribution < 1.29 is 4.39 Å². The molecule has 0 amide bonds. The molecule has 2 heterocycles. The van der Waals surface area contributed by atoms with Crippen LogP contribution in [-0.4, -0.2) is 14.1 Å². The number of hydrogen-bond acceptors (Lipinski definition) is 1. The third-order valence-corrected chi connectivity index (χ3v) is 6.01. The van der Waals surface area contributed by atoms with Gasteiger partial charge >= 0.3 is 0 Å². The maximum absolute atomic E-state index is 13.9. The highest BCUT2D eigenvalue weighted by molar-refractivity contribution is 6.30. The second-order valence-electron chi connectivity index (χ2n) is 7.78. The summed E-state index contributed by atoms with van der Waals surface area (Å²) in [5.41, 5.74) is 5.98. The molecule has 0 aliphatic carbocycles. The lowest BCUT2D eigenvalue weighted by atomic mass is 10.1. The van der Waals surface area contributed by atoms with Crippen molar-refractivity contribution in [2.24, 2.45) is 7.05 Å². The van der Waals surface area contributed by atoms with E-state index < -0.39 is 0 Å². The fraction of sp³-hybridized carbons (Fsp3) is 0.115. The molecule has 5 aromatic rings. The molecule has 0 aliphatic rings. The van der Waals surface area contributed by atoms with E-state index in [-0.39, 0.29) is 5.82 Å². The van der Waals surface area contributed by atoms with E-state index in [9.17, 15) is 4.39 Å². The van der Waals surface area contributed by atoms with Crippen molar-refractivity contribution in [3.8, 4) is 17.1 Å². The monoisotopic (exact) mass is 429 g/mol. The zero-order valence-corrected chi connectivity index (χ0v) is 18.1. The molecule has 154 valence electrons. The predicted octanol–water partition coefficient (Wildman–Crippen LogP) is 6.72. The first-order valence-electron chi connectivity index (χ1n) is 10.1. The number of halogens is 2. The maximum atomic E-state index is 13.9. The predicted molar refractivity (Wildman–Crippen MR) is 124 cm³/mol. The Bertz CT molecular complexity index is 1400. The normalized spacial score (nSPS) is 11.4. The lowest BCUT2D eigenvalue weighted by Crippen LogP contribution is -2.03. The van der Waals surface area contributed by atoms with Crippen LogP contribution in [-0.2, 0) is 13.5 Å². The molecule has 3 aromatic carbocycles. The molecule has 0 unspecified atom stereocenters. The number of imidazole rings is 1. The summed E-state index contributed by atoms with van der Waals surface area (Å²) in [6.45, 7) is 2.00. The van der Waals surface area contributed by atoms with Crippen molar-refractivity contribution in [2.75, 3.05) is 0 Å². The van der Waals surface area contributed by atoms with E-state index in [4.69, 9.17) is 16.6 Å². The summed E-state index contributed by atoms with van der Waals surface area (Å²) in [7, 11) is 2.05. The van der Waals surface area contributed by atoms with E-state index in [2.05, 4.69) is 34.4 Å². The van der Waals surface area contributed by atoms with Crippen LogP contribution in [0.5, 0.6) is 0 Å². The van der Waals surface area contributed by atoms with Crippen molar-refractivity contribution in [1.82, 2.24) is 14.1 Å². The van der Waals surface area contributed by atoms with Crippen LogP contribution >= 0.6 is 11.6 Å². The van der Waals surface area contributed by atoms with Gasteiger partial charge < -0.3 is 9.13 Å². The number of nitrogens with zero attached hydrogens (tertiary/aromatic N) is 3. The number of para-hydroxylation sites is 1. The zero-order valence-electron chi connectivity index (χ0n) is 17.3. The van der Waals surface area contributed by atoms with Crippen LogP contribution < -0.4 is 0 Å². The molecule has 0 spiro atoms. The molecule has 31 heavy (non-hydrogen) atoms. The maximum Gasteiger partial charge on any atom is 0.123 e. The fourth-order valence-corrected chi connectivity index (χ4v) is 4.15. The Labute approximate surface area is 185 Å². The lowest BCUT2D eigenvalue weighted by Gasteiger charge is -2.10. The fourth-order valence-electron chi connectivity index (χ4n) is 4.03. The molecule has 0 radical (unpaired) electrons. The average Bonchev–Trinajstić information content (AvgIpc) is 3.33. The van der Waals surface area contributed by atoms with Crippen LogP contribution in [0, 0.1) is 12.7 Å². The Morgan fingerprint density at radius 2 is 1.74 bits per heavy atom. The number of rotatable bonds is 4. The minimum absolute atomic E-state index is 0.237. The van der Waals surface area contributed by atoms with Crippen LogP contribution in [0.4, 0.5) is 4.39 Å². The van der Waals surface area contributed by atoms with Gasteiger partial charge in [-0.15, -0.1) is 0 Å². The van der Waals surface area contributed by atoms with Crippen LogP contribution in [0.3, 0.4) is 0 Å². The summed E-state index contributed by atoms with van der Waals surface area (Å²) >= 11 is 6.10. The van der Waals surface area contributed by atoms with Gasteiger partial charge in [0, 0.05) is 41.3 Å². The lowest BCUT2D eigenvalue weighted by molar-refractivity contribution is 0.625. The van der Waals surface area contributed by atoms with Gasteiger partial charge in [-0.3, -0.25) is 0 Å². The Morgan fingerprint density at radius 1 is 0.968 bits per heavy atom. The summed E-state index contributed by atoms with van der Waals surface area (Å²) in [6, 6.07) is 23.0. The number of hydrogen-bond donors (Lipinski definition) is 0. The highest BCUT2D eigenvalue weighted by Gasteiger charge is 2.16. The Hall–Kier alpha value is -3.37. The van der Waals surface area contributed by atoms with Gasteiger partial charge in [-0.25, -0.2) is 9.37 Å². The quantitative estimate of drug-likeness (QED) is 0.311. The van der Waals surface area contributed by atoms with Crippen LogP contribution in [0.25, 0.3) is 28.0 Å². The Morgan fingerprint density at radius 3 is 2.52 bits per heavy atom. The molecule has 2 aromatic heterocycles. The van der Waals surface area contributed by atoms with Crippen LogP contribution in [0.15, 0.2) is 79.0 Å². The summed E-state index contributed by atoms with van der Waals surface area (Å²) < 4.78 is 18.1. The summed E-state index contributed by atoms with van der Waals surface area (Å²) in [5, 5.41) is 1.85. The third kappa shape index (κ3) is 3.64. The summed E-state index contributed by atoms with van der Waals surface area (Å²) in [5.74, 6) is 0.607. The van der Waals surface area contributed by atoms with Crippen molar-refractivity contribution in [3.05, 3.63) is 107 Å². The first-order chi connectivity index (χ1) is 15.0. The zero-order chi connectivity index (χ0) is 21.5. The second-order valence-corrected chi connectivity index (χ2v) is 8.22. The van der Waals surface area contributed by atoms with Gasteiger partial charge in [0.2, 0.25) is 0 Å². The second kappa shape index (κ2) is 7.71. The average molecular weight is 430 g/mol. The standard InChI is InChI=1S/C26H21ClFN3/c1-17-7-10-21(28)13-19(17)15-26-29-23(16-31(26)22-11-8-20(27)9-12-22)25-14-18-5-3-4-6-24(18)30(25)2/h3-14,16H,15H2,1-2H3. The van der Waals surface area contributed by atoms with Crippen molar-refractivity contribution in [1.29, 1.82) is 0 Å². The summed E-state index contributed by atoms with van der Waals surface area (Å²) in [4.78, 5) is 4.99. The van der Waals surface area contributed by atoms with Gasteiger partial charge in [0.05, 0.1) is 5.69 Å². The van der Waals surface area contributed by atoms with Crippen molar-refractivity contribution in [2.45, 2.75) is 13.3 Å². The first-order valence-corrected chi connectivity index (χ1v) is 10.5. The highest BCUT2D eigenvalue weighted by atomic mass is 35.5. The highest BCUT2D eigenvalue weighted by Crippen LogP contribution is 2.29. The summed E-state index contributed by atoms with van der Waals surface area (Å²) in [6.07, 6.45) is 2.57. The Balaban J connectivity index is 1.66. The van der Waals surface area contributed by atoms with Gasteiger partial charge in [-0.2, -0.15) is 0 Å². The van der Waals surface area contributed by atoms with Gasteiger partial charge in [0.15, 0.2) is 0 Å². The largest absolute Gasteiger partial charge is 0.342 e. The first kappa shape index (κ1) is 19.6. The van der Waals surface area contributed by atoms with E-state index in [1.54, 1.807) is 6.07 Å². The van der Waals surface area contributed by atoms with E-state index in [1.165, 1.54) is 11.5 Å². The van der Waals surface area contributed by atoms with E-state index in [0.29, 0.717) is 11.4 Å². The molecule has 3 nitrogen and oxygen atoms in total. The van der Waals surface area contributed by atoms with E-state index in [0.717, 1.165) is 39.5 Å². The van der Waals surface area contributed by atoms with E-state index in [1.807, 2.05) is 55.6 Å². The van der Waals surface area contributed by atoms with Crippen LogP contribution in [0.2, 0.25) is 5.02 Å². The minimum Gasteiger partial charge on any atom is -0.342 e. The van der Waals surface area contributed by atoms with Gasteiger partial charge in [0.25, 0.3) is 0 Å². The Kier molecular flexibility index (Phi) is 4.87. The number of aryl methyl sites for hydroxylation is 2. The molecule has 0 aliphatic heterocycles. The van der Waals surface area contributed by atoms with E-state index >= 15 is 0 Å². The molecule has 0 saturated heterocycles. The molecule has 0 fully saturated rings. The molecular weight excluding hydrogens is 409 g/mol. The SMILES string of the molecule is Cc1ccc(F)cc1Cc1nc(-c2cc3ccccc3n2C)cn1-c1ccc(Cl)cc1. The van der Waals surface area contributed by atoms with Gasteiger partial charge in [-0.05, 0) is 66.6 Å². The number of aromatic nitrogens is 3. The molecule has 5 rings (SSSR count). The smallest absolute Gasteiger partial charge is 0.123 e. The van der Waals surface area contributed by atoms with Crippen molar-refractivity contribution in [3.63, 3.8) is 0 Å². The number of fused-ring (bicyclic) bond motifs is 1. The van der Waals surface area contributed by atoms with Crippen molar-refractivity contribution >= 4 is 22.5 Å². The number of benzene rings is 3. The molecular formula is C26H21ClFN3.